The zero-order valence-electron chi connectivity index (χ0n) is 14.9. The largest absolute Gasteiger partial charge is 0.395 e. The molecule has 3 rings (SSSR count). The third-order valence-corrected chi connectivity index (χ3v) is 4.52. The molecule has 0 saturated heterocycles. The normalized spacial score (nSPS) is 16.1. The summed E-state index contributed by atoms with van der Waals surface area (Å²) in [5, 5.41) is 16.6. The Balaban J connectivity index is 1.72. The molecule has 0 fully saturated rings. The fourth-order valence-corrected chi connectivity index (χ4v) is 3.46. The van der Waals surface area contributed by atoms with Gasteiger partial charge in [0.05, 0.1) is 24.5 Å². The predicted octanol–water partition coefficient (Wildman–Crippen LogP) is 3.05. The number of hydrogen-bond donors (Lipinski definition) is 2. The molecule has 0 saturated carbocycles. The summed E-state index contributed by atoms with van der Waals surface area (Å²) in [6.07, 6.45) is 5.36. The minimum Gasteiger partial charge on any atom is -0.395 e. The molecule has 1 aromatic heterocycles. The summed E-state index contributed by atoms with van der Waals surface area (Å²) < 4.78 is 1.83. The molecule has 134 valence electrons. The van der Waals surface area contributed by atoms with Crippen LogP contribution >= 0.6 is 0 Å². The van der Waals surface area contributed by atoms with Crippen molar-refractivity contribution in [3.05, 3.63) is 47.8 Å². The number of aryl methyl sites for hydroxylation is 1. The number of anilines is 1. The van der Waals surface area contributed by atoms with Crippen LogP contribution in [0.2, 0.25) is 0 Å². The van der Waals surface area contributed by atoms with Crippen LogP contribution in [0, 0.1) is 5.92 Å². The third kappa shape index (κ3) is 4.02. The molecule has 6 heteroatoms. The summed E-state index contributed by atoms with van der Waals surface area (Å²) in [4.78, 5) is 14.5. The molecule has 0 aliphatic heterocycles. The minimum absolute atomic E-state index is 0.00839. The highest BCUT2D eigenvalue weighted by Crippen LogP contribution is 2.35. The fourth-order valence-electron chi connectivity index (χ4n) is 3.46. The Morgan fingerprint density at radius 3 is 3.00 bits per heavy atom. The highest BCUT2D eigenvalue weighted by Gasteiger charge is 2.30. The van der Waals surface area contributed by atoms with Crippen LogP contribution in [-0.2, 0) is 13.0 Å². The second-order valence-corrected chi connectivity index (χ2v) is 6.95. The van der Waals surface area contributed by atoms with Crippen molar-refractivity contribution in [2.75, 3.05) is 18.5 Å². The van der Waals surface area contributed by atoms with Crippen molar-refractivity contribution in [1.29, 1.82) is 0 Å². The van der Waals surface area contributed by atoms with E-state index in [1.165, 1.54) is 11.1 Å². The summed E-state index contributed by atoms with van der Waals surface area (Å²) in [6, 6.07) is 8.03. The molecule has 1 unspecified atom stereocenters. The number of benzene rings is 1. The van der Waals surface area contributed by atoms with Crippen molar-refractivity contribution in [1.82, 2.24) is 14.7 Å². The van der Waals surface area contributed by atoms with Gasteiger partial charge in [0.1, 0.15) is 0 Å². The molecule has 1 aromatic carbocycles. The molecule has 25 heavy (non-hydrogen) atoms. The van der Waals surface area contributed by atoms with E-state index in [9.17, 15) is 9.90 Å². The van der Waals surface area contributed by atoms with Gasteiger partial charge in [-0.05, 0) is 29.9 Å². The number of aliphatic hydroxyl groups excluding tert-OH is 1. The molecule has 0 bridgehead atoms. The van der Waals surface area contributed by atoms with Crippen LogP contribution in [0.4, 0.5) is 10.5 Å². The highest BCUT2D eigenvalue weighted by molar-refractivity contribution is 5.89. The van der Waals surface area contributed by atoms with Crippen LogP contribution in [0.15, 0.2) is 36.7 Å². The van der Waals surface area contributed by atoms with Crippen LogP contribution < -0.4 is 5.32 Å². The maximum atomic E-state index is 12.8. The van der Waals surface area contributed by atoms with E-state index in [2.05, 4.69) is 36.4 Å². The van der Waals surface area contributed by atoms with Gasteiger partial charge in [-0.25, -0.2) is 4.79 Å². The SMILES string of the molecule is CC(C)Cn1cc(NC(=O)N(CCO)C2CCc3ccccc32)cn1. The minimum atomic E-state index is -0.195. The number of nitrogens with zero attached hydrogens (tertiary/aromatic N) is 3. The Morgan fingerprint density at radius 2 is 2.24 bits per heavy atom. The number of hydrogen-bond acceptors (Lipinski definition) is 3. The lowest BCUT2D eigenvalue weighted by Gasteiger charge is -2.29. The van der Waals surface area contributed by atoms with Gasteiger partial charge in [0.2, 0.25) is 0 Å². The first kappa shape index (κ1) is 17.5. The lowest BCUT2D eigenvalue weighted by atomic mass is 10.1. The van der Waals surface area contributed by atoms with Gasteiger partial charge in [0.15, 0.2) is 0 Å². The molecular weight excluding hydrogens is 316 g/mol. The molecule has 0 radical (unpaired) electrons. The van der Waals surface area contributed by atoms with Crippen LogP contribution in [-0.4, -0.2) is 39.0 Å². The molecular formula is C19H26N4O2. The number of amides is 2. The summed E-state index contributed by atoms with van der Waals surface area (Å²) >= 11 is 0. The van der Waals surface area contributed by atoms with E-state index in [1.54, 1.807) is 11.1 Å². The van der Waals surface area contributed by atoms with Gasteiger partial charge < -0.3 is 15.3 Å². The zero-order valence-corrected chi connectivity index (χ0v) is 14.9. The van der Waals surface area contributed by atoms with Crippen molar-refractivity contribution in [3.8, 4) is 0 Å². The van der Waals surface area contributed by atoms with E-state index >= 15 is 0 Å². The third-order valence-electron chi connectivity index (χ3n) is 4.52. The lowest BCUT2D eigenvalue weighted by Crippen LogP contribution is -2.39. The zero-order chi connectivity index (χ0) is 17.8. The van der Waals surface area contributed by atoms with Gasteiger partial charge in [0, 0.05) is 19.3 Å². The van der Waals surface area contributed by atoms with E-state index in [0.29, 0.717) is 18.2 Å². The van der Waals surface area contributed by atoms with Crippen LogP contribution in [0.25, 0.3) is 0 Å². The first-order valence-corrected chi connectivity index (χ1v) is 8.87. The predicted molar refractivity (Wildman–Crippen MR) is 97.4 cm³/mol. The Morgan fingerprint density at radius 1 is 1.44 bits per heavy atom. The van der Waals surface area contributed by atoms with Gasteiger partial charge in [0.25, 0.3) is 0 Å². The summed E-state index contributed by atoms with van der Waals surface area (Å²) in [5.41, 5.74) is 3.15. The van der Waals surface area contributed by atoms with Crippen molar-refractivity contribution in [2.45, 2.75) is 39.3 Å². The lowest BCUT2D eigenvalue weighted by molar-refractivity contribution is 0.162. The molecule has 2 aromatic rings. The average molecular weight is 342 g/mol. The summed E-state index contributed by atoms with van der Waals surface area (Å²) in [7, 11) is 0. The number of rotatable bonds is 6. The maximum Gasteiger partial charge on any atom is 0.322 e. The van der Waals surface area contributed by atoms with E-state index in [-0.39, 0.29) is 18.7 Å². The number of fused-ring (bicyclic) bond motifs is 1. The molecule has 1 aliphatic carbocycles. The van der Waals surface area contributed by atoms with Crippen LogP contribution in [0.3, 0.4) is 0 Å². The topological polar surface area (TPSA) is 70.4 Å². The highest BCUT2D eigenvalue weighted by atomic mass is 16.3. The second kappa shape index (κ2) is 7.70. The number of urea groups is 1. The second-order valence-electron chi connectivity index (χ2n) is 6.95. The molecule has 2 N–H and O–H groups in total. The Bertz CT molecular complexity index is 726. The molecule has 2 amide bonds. The number of carbonyl (C=O) groups is 1. The average Bonchev–Trinajstić information content (AvgIpc) is 3.19. The van der Waals surface area contributed by atoms with E-state index in [0.717, 1.165) is 19.4 Å². The van der Waals surface area contributed by atoms with Crippen LogP contribution in [0.1, 0.15) is 37.4 Å². The van der Waals surface area contributed by atoms with E-state index in [4.69, 9.17) is 0 Å². The summed E-state index contributed by atoms with van der Waals surface area (Å²) in [5.74, 6) is 0.490. The van der Waals surface area contributed by atoms with Crippen LogP contribution in [0.5, 0.6) is 0 Å². The van der Waals surface area contributed by atoms with Crippen molar-refractivity contribution in [2.24, 2.45) is 5.92 Å². The standard InChI is InChI=1S/C19H26N4O2/c1-14(2)12-22-13-16(11-20-22)21-19(25)23(9-10-24)18-8-7-15-5-3-4-6-17(15)18/h3-6,11,13-14,18,24H,7-10,12H2,1-2H3,(H,21,25). The maximum absolute atomic E-state index is 12.8. The smallest absolute Gasteiger partial charge is 0.322 e. The van der Waals surface area contributed by atoms with E-state index < -0.39 is 0 Å². The monoisotopic (exact) mass is 342 g/mol. The molecule has 0 spiro atoms. The first-order chi connectivity index (χ1) is 12.1. The van der Waals surface area contributed by atoms with Gasteiger partial charge in [-0.2, -0.15) is 5.10 Å². The molecule has 6 nitrogen and oxygen atoms in total. The fraction of sp³-hybridized carbons (Fsp3) is 0.474. The summed E-state index contributed by atoms with van der Waals surface area (Å²) in [6.45, 7) is 5.32. The number of aromatic nitrogens is 2. The van der Waals surface area contributed by atoms with Gasteiger partial charge in [-0.3, -0.25) is 4.68 Å². The number of nitrogens with one attached hydrogen (secondary N) is 1. The molecule has 1 atom stereocenters. The van der Waals surface area contributed by atoms with Crippen molar-refractivity contribution in [3.63, 3.8) is 0 Å². The Hall–Kier alpha value is -2.34. The Labute approximate surface area is 148 Å². The van der Waals surface area contributed by atoms with Gasteiger partial charge in [-0.15, -0.1) is 0 Å². The molecule has 1 aliphatic rings. The van der Waals surface area contributed by atoms with Gasteiger partial charge in [-0.1, -0.05) is 38.1 Å². The number of carbonyl (C=O) groups excluding carboxylic acids is 1. The quantitative estimate of drug-likeness (QED) is 0.848. The number of aliphatic hydroxyl groups is 1. The molecule has 1 heterocycles. The van der Waals surface area contributed by atoms with Crippen molar-refractivity contribution >= 4 is 11.7 Å². The van der Waals surface area contributed by atoms with Crippen molar-refractivity contribution < 1.29 is 9.90 Å². The van der Waals surface area contributed by atoms with E-state index in [1.807, 2.05) is 23.0 Å². The van der Waals surface area contributed by atoms with Gasteiger partial charge >= 0.3 is 6.03 Å². The Kier molecular flexibility index (Phi) is 5.38. The first-order valence-electron chi connectivity index (χ1n) is 8.87.